The van der Waals surface area contributed by atoms with Crippen molar-refractivity contribution in [3.8, 4) is 0 Å². The van der Waals surface area contributed by atoms with Crippen LogP contribution >= 0.6 is 0 Å². The van der Waals surface area contributed by atoms with Gasteiger partial charge in [0, 0.05) is 25.3 Å². The van der Waals surface area contributed by atoms with Crippen molar-refractivity contribution in [1.82, 2.24) is 4.90 Å². The normalized spacial score (nSPS) is 12.8. The van der Waals surface area contributed by atoms with E-state index < -0.39 is 12.9 Å². The molecule has 1 atom stereocenters. The van der Waals surface area contributed by atoms with Crippen molar-refractivity contribution in [3.63, 3.8) is 0 Å². The van der Waals surface area contributed by atoms with Gasteiger partial charge in [-0.25, -0.2) is 4.39 Å². The SMILES string of the molecule is CCN(Cc1ccc(B(O)O)cc1F)C(C)COC. The highest BCUT2D eigenvalue weighted by Crippen LogP contribution is 2.11. The van der Waals surface area contributed by atoms with Crippen LogP contribution in [0.4, 0.5) is 4.39 Å². The molecule has 1 rings (SSSR count). The summed E-state index contributed by atoms with van der Waals surface area (Å²) in [6.07, 6.45) is 0. The van der Waals surface area contributed by atoms with Crippen LogP contribution in [0, 0.1) is 5.82 Å². The molecule has 0 aromatic heterocycles. The minimum absolute atomic E-state index is 0.161. The van der Waals surface area contributed by atoms with Crippen LogP contribution < -0.4 is 5.46 Å². The van der Waals surface area contributed by atoms with Gasteiger partial charge in [0.1, 0.15) is 5.82 Å². The van der Waals surface area contributed by atoms with E-state index in [2.05, 4.69) is 4.90 Å². The van der Waals surface area contributed by atoms with Crippen LogP contribution in [0.5, 0.6) is 0 Å². The van der Waals surface area contributed by atoms with Gasteiger partial charge >= 0.3 is 7.12 Å². The van der Waals surface area contributed by atoms with E-state index in [1.807, 2.05) is 13.8 Å². The lowest BCUT2D eigenvalue weighted by Crippen LogP contribution is -2.36. The maximum absolute atomic E-state index is 13.9. The number of methoxy groups -OCH3 is 1. The molecular formula is C13H21BFNO3. The average Bonchev–Trinajstić information content (AvgIpc) is 2.37. The topological polar surface area (TPSA) is 52.9 Å². The molecule has 0 aliphatic heterocycles. The highest BCUT2D eigenvalue weighted by molar-refractivity contribution is 6.58. The Morgan fingerprint density at radius 1 is 1.42 bits per heavy atom. The molecule has 0 amide bonds. The molecule has 0 saturated heterocycles. The fourth-order valence-electron chi connectivity index (χ4n) is 2.00. The molecule has 6 heteroatoms. The lowest BCUT2D eigenvalue weighted by molar-refractivity contribution is 0.0975. The first kappa shape index (κ1) is 16.1. The molecule has 2 N–H and O–H groups in total. The second-order valence-electron chi connectivity index (χ2n) is 4.59. The van der Waals surface area contributed by atoms with Gasteiger partial charge in [-0.15, -0.1) is 0 Å². The van der Waals surface area contributed by atoms with E-state index in [-0.39, 0.29) is 11.5 Å². The third kappa shape index (κ3) is 4.58. The summed E-state index contributed by atoms with van der Waals surface area (Å²) in [5.41, 5.74) is 0.698. The number of rotatable bonds is 7. The van der Waals surface area contributed by atoms with Crippen molar-refractivity contribution >= 4 is 12.6 Å². The number of benzene rings is 1. The summed E-state index contributed by atoms with van der Waals surface area (Å²) >= 11 is 0. The molecule has 1 aromatic rings. The number of nitrogens with zero attached hydrogens (tertiary/aromatic N) is 1. The monoisotopic (exact) mass is 269 g/mol. The fraction of sp³-hybridized carbons (Fsp3) is 0.538. The molecule has 4 nitrogen and oxygen atoms in total. The van der Waals surface area contributed by atoms with Crippen LogP contribution in [0.2, 0.25) is 0 Å². The number of hydrogen-bond donors (Lipinski definition) is 2. The van der Waals surface area contributed by atoms with E-state index in [0.717, 1.165) is 12.6 Å². The molecule has 0 radical (unpaired) electrons. The van der Waals surface area contributed by atoms with Crippen molar-refractivity contribution in [2.75, 3.05) is 20.3 Å². The largest absolute Gasteiger partial charge is 0.488 e. The molecule has 0 saturated carbocycles. The van der Waals surface area contributed by atoms with E-state index in [1.54, 1.807) is 13.2 Å². The van der Waals surface area contributed by atoms with Crippen LogP contribution in [0.3, 0.4) is 0 Å². The summed E-state index contributed by atoms with van der Waals surface area (Å²) in [7, 11) is 0.000709. The van der Waals surface area contributed by atoms with E-state index in [4.69, 9.17) is 14.8 Å². The third-order valence-corrected chi connectivity index (χ3v) is 3.19. The first-order valence-electron chi connectivity index (χ1n) is 6.37. The quantitative estimate of drug-likeness (QED) is 0.702. The molecule has 0 bridgehead atoms. The number of halogens is 1. The van der Waals surface area contributed by atoms with E-state index >= 15 is 0 Å². The molecule has 0 aliphatic rings. The van der Waals surface area contributed by atoms with Gasteiger partial charge in [0.25, 0.3) is 0 Å². The Balaban J connectivity index is 2.80. The average molecular weight is 269 g/mol. The Kier molecular flexibility index (Phi) is 6.44. The maximum Gasteiger partial charge on any atom is 0.488 e. The Labute approximate surface area is 114 Å². The molecule has 0 heterocycles. The Morgan fingerprint density at radius 2 is 2.11 bits per heavy atom. The van der Waals surface area contributed by atoms with Gasteiger partial charge in [0.15, 0.2) is 0 Å². The van der Waals surface area contributed by atoms with Crippen LogP contribution in [-0.2, 0) is 11.3 Å². The predicted octanol–water partition coefficient (Wildman–Crippen LogP) is 0.362. The van der Waals surface area contributed by atoms with Crippen molar-refractivity contribution < 1.29 is 19.2 Å². The van der Waals surface area contributed by atoms with Crippen molar-refractivity contribution in [3.05, 3.63) is 29.6 Å². The standard InChI is InChI=1S/C13H21BFNO3/c1-4-16(10(2)9-19-3)8-11-5-6-12(14(17)18)7-13(11)15/h5-7,10,17-18H,4,8-9H2,1-3H3. The molecule has 1 aromatic carbocycles. The van der Waals surface area contributed by atoms with Crippen LogP contribution in [-0.4, -0.2) is 48.4 Å². The summed E-state index contributed by atoms with van der Waals surface area (Å²) in [4.78, 5) is 2.09. The first-order valence-corrected chi connectivity index (χ1v) is 6.37. The maximum atomic E-state index is 13.9. The highest BCUT2D eigenvalue weighted by atomic mass is 19.1. The summed E-state index contributed by atoms with van der Waals surface area (Å²) < 4.78 is 19.0. The van der Waals surface area contributed by atoms with Crippen LogP contribution in [0.1, 0.15) is 19.4 Å². The van der Waals surface area contributed by atoms with Crippen LogP contribution in [0.15, 0.2) is 18.2 Å². The summed E-state index contributed by atoms with van der Waals surface area (Å²) in [6.45, 7) is 5.87. The molecular weight excluding hydrogens is 248 g/mol. The van der Waals surface area contributed by atoms with Gasteiger partial charge in [0.2, 0.25) is 0 Å². The molecule has 0 fully saturated rings. The zero-order valence-corrected chi connectivity index (χ0v) is 11.6. The zero-order chi connectivity index (χ0) is 14.4. The van der Waals surface area contributed by atoms with E-state index in [9.17, 15) is 4.39 Å². The van der Waals surface area contributed by atoms with E-state index in [1.165, 1.54) is 6.07 Å². The van der Waals surface area contributed by atoms with E-state index in [0.29, 0.717) is 18.7 Å². The number of hydrogen-bond acceptors (Lipinski definition) is 4. The molecule has 0 aliphatic carbocycles. The van der Waals surface area contributed by atoms with Gasteiger partial charge in [-0.3, -0.25) is 4.90 Å². The minimum Gasteiger partial charge on any atom is -0.423 e. The summed E-state index contributed by atoms with van der Waals surface area (Å²) in [6, 6.07) is 4.47. The van der Waals surface area contributed by atoms with Gasteiger partial charge in [-0.2, -0.15) is 0 Å². The van der Waals surface area contributed by atoms with Gasteiger partial charge in [-0.05, 0) is 25.0 Å². The number of likely N-dealkylation sites (N-methyl/N-ethyl adjacent to an activating group) is 1. The second-order valence-corrected chi connectivity index (χ2v) is 4.59. The summed E-state index contributed by atoms with van der Waals surface area (Å²) in [5, 5.41) is 18.0. The smallest absolute Gasteiger partial charge is 0.423 e. The predicted molar refractivity (Wildman–Crippen MR) is 73.6 cm³/mol. The lowest BCUT2D eigenvalue weighted by atomic mass is 9.80. The van der Waals surface area contributed by atoms with Crippen molar-refractivity contribution in [2.24, 2.45) is 0 Å². The zero-order valence-electron chi connectivity index (χ0n) is 11.6. The number of ether oxygens (including phenoxy) is 1. The Morgan fingerprint density at radius 3 is 2.58 bits per heavy atom. The lowest BCUT2D eigenvalue weighted by Gasteiger charge is -2.27. The molecule has 19 heavy (non-hydrogen) atoms. The third-order valence-electron chi connectivity index (χ3n) is 3.19. The Bertz CT molecular complexity index is 403. The second kappa shape index (κ2) is 7.60. The van der Waals surface area contributed by atoms with Gasteiger partial charge < -0.3 is 14.8 Å². The Hall–Kier alpha value is -0.945. The minimum atomic E-state index is -1.64. The van der Waals surface area contributed by atoms with Gasteiger partial charge in [-0.1, -0.05) is 19.1 Å². The summed E-state index contributed by atoms with van der Waals surface area (Å²) in [5.74, 6) is -0.423. The van der Waals surface area contributed by atoms with Crippen molar-refractivity contribution in [1.29, 1.82) is 0 Å². The molecule has 0 spiro atoms. The van der Waals surface area contributed by atoms with Crippen molar-refractivity contribution in [2.45, 2.75) is 26.4 Å². The first-order chi connectivity index (χ1) is 8.99. The van der Waals surface area contributed by atoms with Gasteiger partial charge in [0.05, 0.1) is 6.61 Å². The van der Waals surface area contributed by atoms with Crippen LogP contribution in [0.25, 0.3) is 0 Å². The molecule has 1 unspecified atom stereocenters. The fourth-order valence-corrected chi connectivity index (χ4v) is 2.00. The molecule has 106 valence electrons. The highest BCUT2D eigenvalue weighted by Gasteiger charge is 2.17.